The van der Waals surface area contributed by atoms with Crippen LogP contribution < -0.4 is 5.32 Å². The summed E-state index contributed by atoms with van der Waals surface area (Å²) in [5.74, 6) is 1.01. The van der Waals surface area contributed by atoms with Crippen molar-refractivity contribution in [2.45, 2.75) is 18.9 Å². The zero-order chi connectivity index (χ0) is 9.42. The summed E-state index contributed by atoms with van der Waals surface area (Å²) < 4.78 is 0.817. The molecule has 0 radical (unpaired) electrons. The highest BCUT2D eigenvalue weighted by Gasteiger charge is 2.29. The number of hydrogen-bond acceptors (Lipinski definition) is 3. The minimum Gasteiger partial charge on any atom is -0.391 e. The molecule has 1 aliphatic rings. The molecule has 2 atom stereocenters. The van der Waals surface area contributed by atoms with Gasteiger partial charge >= 0.3 is 0 Å². The number of aryl methyl sites for hydroxylation is 1. The Kier molecular flexibility index (Phi) is 2.40. The highest BCUT2D eigenvalue weighted by atomic mass is 79.9. The van der Waals surface area contributed by atoms with Crippen LogP contribution in [0.5, 0.6) is 0 Å². The summed E-state index contributed by atoms with van der Waals surface area (Å²) in [5.41, 5.74) is 0.995. The van der Waals surface area contributed by atoms with Crippen LogP contribution in [0.1, 0.15) is 17.4 Å². The molecule has 13 heavy (non-hydrogen) atoms. The molecule has 0 aliphatic carbocycles. The Morgan fingerprint density at radius 3 is 2.77 bits per heavy atom. The van der Waals surface area contributed by atoms with Crippen LogP contribution >= 0.6 is 15.9 Å². The van der Waals surface area contributed by atoms with Crippen molar-refractivity contribution in [1.29, 1.82) is 0 Å². The monoisotopic (exact) mass is 245 g/mol. The Hall–Kier alpha value is -0.390. The zero-order valence-corrected chi connectivity index (χ0v) is 8.93. The number of aromatic nitrogens is 2. The topological polar surface area (TPSA) is 60.9 Å². The summed E-state index contributed by atoms with van der Waals surface area (Å²) in [7, 11) is 0. The largest absolute Gasteiger partial charge is 0.391 e. The van der Waals surface area contributed by atoms with Gasteiger partial charge in [-0.05, 0) is 22.9 Å². The molecule has 2 heterocycles. The van der Waals surface area contributed by atoms with Crippen molar-refractivity contribution in [2.24, 2.45) is 0 Å². The molecule has 1 fully saturated rings. The van der Waals surface area contributed by atoms with Crippen LogP contribution in [0.3, 0.4) is 0 Å². The van der Waals surface area contributed by atoms with Crippen LogP contribution in [0.4, 0.5) is 0 Å². The number of aromatic amines is 1. The molecule has 4 nitrogen and oxygen atoms in total. The Labute approximate surface area is 84.9 Å². The first-order valence-electron chi connectivity index (χ1n) is 4.29. The molecule has 1 aromatic rings. The van der Waals surface area contributed by atoms with E-state index < -0.39 is 0 Å². The predicted molar refractivity (Wildman–Crippen MR) is 52.6 cm³/mol. The maximum atomic E-state index is 9.64. The maximum absolute atomic E-state index is 9.64. The molecule has 72 valence electrons. The van der Waals surface area contributed by atoms with Crippen molar-refractivity contribution in [2.75, 3.05) is 13.1 Å². The molecular weight excluding hydrogens is 234 g/mol. The number of β-amino-alcohol motifs (C(OH)–C–C–N with tert-alkyl or cyclic N) is 1. The summed E-state index contributed by atoms with van der Waals surface area (Å²) >= 11 is 3.37. The van der Waals surface area contributed by atoms with E-state index in [0.717, 1.165) is 22.7 Å². The maximum Gasteiger partial charge on any atom is 0.127 e. The molecule has 5 heteroatoms. The van der Waals surface area contributed by atoms with Crippen LogP contribution in [0.25, 0.3) is 0 Å². The summed E-state index contributed by atoms with van der Waals surface area (Å²) in [4.78, 5) is 7.37. The van der Waals surface area contributed by atoms with Gasteiger partial charge in [0.05, 0.1) is 11.8 Å². The Balaban J connectivity index is 2.28. The third-order valence-corrected chi connectivity index (χ3v) is 2.96. The first kappa shape index (κ1) is 9.18. The predicted octanol–water partition coefficient (Wildman–Crippen LogP) is 0.528. The van der Waals surface area contributed by atoms with E-state index in [1.54, 1.807) is 0 Å². The van der Waals surface area contributed by atoms with Crippen LogP contribution in [-0.2, 0) is 0 Å². The second-order valence-electron chi connectivity index (χ2n) is 3.36. The molecular formula is C8H12BrN3O. The fraction of sp³-hybridized carbons (Fsp3) is 0.625. The van der Waals surface area contributed by atoms with Crippen molar-refractivity contribution < 1.29 is 5.11 Å². The van der Waals surface area contributed by atoms with Gasteiger partial charge in [-0.2, -0.15) is 0 Å². The van der Waals surface area contributed by atoms with Gasteiger partial charge in [-0.1, -0.05) is 0 Å². The highest BCUT2D eigenvalue weighted by molar-refractivity contribution is 9.10. The van der Waals surface area contributed by atoms with Gasteiger partial charge < -0.3 is 15.4 Å². The van der Waals surface area contributed by atoms with Gasteiger partial charge in [0.2, 0.25) is 0 Å². The molecule has 1 aromatic heterocycles. The van der Waals surface area contributed by atoms with Gasteiger partial charge in [-0.15, -0.1) is 0 Å². The van der Waals surface area contributed by atoms with Crippen molar-refractivity contribution >= 4 is 15.9 Å². The normalized spacial score (nSPS) is 28.2. The highest BCUT2D eigenvalue weighted by Crippen LogP contribution is 2.27. The van der Waals surface area contributed by atoms with Crippen LogP contribution in [0.2, 0.25) is 0 Å². The fourth-order valence-corrected chi connectivity index (χ4v) is 2.35. The van der Waals surface area contributed by atoms with Gasteiger partial charge in [0.25, 0.3) is 0 Å². The van der Waals surface area contributed by atoms with Gasteiger partial charge in [-0.25, -0.2) is 4.98 Å². The van der Waals surface area contributed by atoms with Crippen LogP contribution in [0.15, 0.2) is 4.60 Å². The molecule has 0 saturated carbocycles. The van der Waals surface area contributed by atoms with E-state index in [9.17, 15) is 5.11 Å². The molecule has 0 unspecified atom stereocenters. The first-order valence-corrected chi connectivity index (χ1v) is 5.08. The second kappa shape index (κ2) is 3.40. The number of aliphatic hydroxyl groups is 1. The summed E-state index contributed by atoms with van der Waals surface area (Å²) in [6.45, 7) is 3.37. The second-order valence-corrected chi connectivity index (χ2v) is 4.11. The van der Waals surface area contributed by atoms with Crippen molar-refractivity contribution in [3.63, 3.8) is 0 Å². The molecule has 0 bridgehead atoms. The van der Waals surface area contributed by atoms with Gasteiger partial charge in [0, 0.05) is 19.0 Å². The van der Waals surface area contributed by atoms with E-state index >= 15 is 0 Å². The number of H-pyrrole nitrogens is 1. The van der Waals surface area contributed by atoms with Crippen LogP contribution in [-0.4, -0.2) is 34.3 Å². The summed E-state index contributed by atoms with van der Waals surface area (Å²) in [6, 6.07) is 0. The average Bonchev–Trinajstić information content (AvgIpc) is 2.58. The SMILES string of the molecule is Cc1nc(Br)c([C@@H]2CNC[C@H]2O)[nH]1. The lowest BCUT2D eigenvalue weighted by molar-refractivity contribution is 0.176. The van der Waals surface area contributed by atoms with E-state index in [1.165, 1.54) is 0 Å². The molecule has 1 aliphatic heterocycles. The molecule has 0 amide bonds. The van der Waals surface area contributed by atoms with Crippen molar-refractivity contribution in [1.82, 2.24) is 15.3 Å². The lowest BCUT2D eigenvalue weighted by Crippen LogP contribution is -2.16. The van der Waals surface area contributed by atoms with Gasteiger partial charge in [0.1, 0.15) is 10.4 Å². The lowest BCUT2D eigenvalue weighted by Gasteiger charge is -2.11. The number of imidazole rings is 1. The Morgan fingerprint density at radius 2 is 2.31 bits per heavy atom. The molecule has 1 saturated heterocycles. The number of hydrogen-bond donors (Lipinski definition) is 3. The van der Waals surface area contributed by atoms with Crippen LogP contribution in [0, 0.1) is 6.92 Å². The van der Waals surface area contributed by atoms with E-state index in [1.807, 2.05) is 6.92 Å². The molecule has 3 N–H and O–H groups in total. The van der Waals surface area contributed by atoms with Gasteiger partial charge in [0.15, 0.2) is 0 Å². The fourth-order valence-electron chi connectivity index (χ4n) is 1.69. The number of rotatable bonds is 1. The van der Waals surface area contributed by atoms with E-state index in [-0.39, 0.29) is 12.0 Å². The minimum atomic E-state index is -0.309. The summed E-state index contributed by atoms with van der Waals surface area (Å²) in [6.07, 6.45) is -0.309. The number of nitrogens with one attached hydrogen (secondary N) is 2. The standard InChI is InChI=1S/C8H12BrN3O/c1-4-11-7(8(9)12-4)5-2-10-3-6(5)13/h5-6,10,13H,2-3H2,1H3,(H,11,12)/t5-,6-/m1/s1. The number of nitrogens with zero attached hydrogens (tertiary/aromatic N) is 1. The lowest BCUT2D eigenvalue weighted by atomic mass is 10.0. The Bertz CT molecular complexity index is 312. The van der Waals surface area contributed by atoms with E-state index in [0.29, 0.717) is 6.54 Å². The molecule has 0 spiro atoms. The summed E-state index contributed by atoms with van der Waals surface area (Å²) in [5, 5.41) is 12.8. The quantitative estimate of drug-likeness (QED) is 0.677. The molecule has 2 rings (SSSR count). The average molecular weight is 246 g/mol. The third kappa shape index (κ3) is 1.63. The zero-order valence-electron chi connectivity index (χ0n) is 7.34. The van der Waals surface area contributed by atoms with Gasteiger partial charge in [-0.3, -0.25) is 0 Å². The Morgan fingerprint density at radius 1 is 1.54 bits per heavy atom. The number of halogens is 1. The number of aliphatic hydroxyl groups excluding tert-OH is 1. The molecule has 0 aromatic carbocycles. The van der Waals surface area contributed by atoms with E-state index in [4.69, 9.17) is 0 Å². The van der Waals surface area contributed by atoms with Crippen molar-refractivity contribution in [3.8, 4) is 0 Å². The third-order valence-electron chi connectivity index (χ3n) is 2.36. The van der Waals surface area contributed by atoms with E-state index in [2.05, 4.69) is 31.2 Å². The first-order chi connectivity index (χ1) is 6.18. The smallest absolute Gasteiger partial charge is 0.127 e. The van der Waals surface area contributed by atoms with Crippen molar-refractivity contribution in [3.05, 3.63) is 16.1 Å². The minimum absolute atomic E-state index is 0.135.